The molecule has 3 aromatic rings. The van der Waals surface area contributed by atoms with E-state index in [1.807, 2.05) is 6.07 Å². The number of para-hydroxylation sites is 1. The zero-order chi connectivity index (χ0) is 21.1. The summed E-state index contributed by atoms with van der Waals surface area (Å²) in [4.78, 5) is 38.6. The third-order valence-electron chi connectivity index (χ3n) is 4.84. The smallest absolute Gasteiger partial charge is 0.276 e. The maximum Gasteiger partial charge on any atom is 0.276 e. The molecule has 30 heavy (non-hydrogen) atoms. The van der Waals surface area contributed by atoms with Crippen LogP contribution in [0.25, 0.3) is 5.69 Å². The van der Waals surface area contributed by atoms with E-state index in [2.05, 4.69) is 10.4 Å². The minimum atomic E-state index is -0.466. The van der Waals surface area contributed by atoms with Gasteiger partial charge in [0.2, 0.25) is 5.91 Å². The maximum absolute atomic E-state index is 12.7. The lowest BCUT2D eigenvalue weighted by molar-refractivity contribution is -0.117. The van der Waals surface area contributed by atoms with Crippen LogP contribution in [0.3, 0.4) is 0 Å². The van der Waals surface area contributed by atoms with Crippen LogP contribution >= 0.6 is 0 Å². The molecule has 1 aliphatic heterocycles. The van der Waals surface area contributed by atoms with Crippen LogP contribution in [0.15, 0.2) is 65.5 Å². The Kier molecular flexibility index (Phi) is 5.30. The van der Waals surface area contributed by atoms with Crippen molar-refractivity contribution in [2.45, 2.75) is 12.8 Å². The van der Waals surface area contributed by atoms with Crippen LogP contribution in [-0.2, 0) is 4.79 Å². The Bertz CT molecular complexity index is 1160. The van der Waals surface area contributed by atoms with E-state index in [1.165, 1.54) is 23.9 Å². The first-order valence-corrected chi connectivity index (χ1v) is 9.52. The van der Waals surface area contributed by atoms with Crippen LogP contribution in [0.5, 0.6) is 5.75 Å². The van der Waals surface area contributed by atoms with Crippen molar-refractivity contribution < 1.29 is 14.3 Å². The van der Waals surface area contributed by atoms with E-state index < -0.39 is 5.91 Å². The van der Waals surface area contributed by atoms with Gasteiger partial charge >= 0.3 is 0 Å². The van der Waals surface area contributed by atoms with Gasteiger partial charge in [0.1, 0.15) is 11.4 Å². The topological polar surface area (TPSA) is 93.5 Å². The number of amides is 2. The highest BCUT2D eigenvalue weighted by Gasteiger charge is 2.24. The minimum absolute atomic E-state index is 0.0532. The number of hydrogen-bond donors (Lipinski definition) is 1. The van der Waals surface area contributed by atoms with Crippen molar-refractivity contribution in [1.29, 1.82) is 0 Å². The van der Waals surface area contributed by atoms with Crippen LogP contribution in [0.4, 0.5) is 11.4 Å². The molecule has 1 aromatic heterocycles. The van der Waals surface area contributed by atoms with E-state index in [0.717, 1.165) is 6.42 Å². The predicted octanol–water partition coefficient (Wildman–Crippen LogP) is 2.62. The van der Waals surface area contributed by atoms with Crippen LogP contribution in [0.1, 0.15) is 23.3 Å². The van der Waals surface area contributed by atoms with Gasteiger partial charge in [-0.25, -0.2) is 0 Å². The first-order chi connectivity index (χ1) is 14.6. The van der Waals surface area contributed by atoms with Gasteiger partial charge in [0.05, 0.1) is 18.5 Å². The fourth-order valence-electron chi connectivity index (χ4n) is 3.36. The number of ether oxygens (including phenoxy) is 1. The fraction of sp³-hybridized carbons (Fsp3) is 0.182. The number of methoxy groups -OCH3 is 1. The highest BCUT2D eigenvalue weighted by atomic mass is 16.5. The Morgan fingerprint density at radius 1 is 1.07 bits per heavy atom. The zero-order valence-corrected chi connectivity index (χ0v) is 16.4. The summed E-state index contributed by atoms with van der Waals surface area (Å²) in [5.41, 5.74) is 1.49. The fourth-order valence-corrected chi connectivity index (χ4v) is 3.36. The molecule has 1 fully saturated rings. The molecule has 2 aromatic carbocycles. The lowest BCUT2D eigenvalue weighted by Crippen LogP contribution is -2.25. The van der Waals surface area contributed by atoms with Gasteiger partial charge in [0.15, 0.2) is 0 Å². The van der Waals surface area contributed by atoms with Gasteiger partial charge in [0, 0.05) is 30.8 Å². The highest BCUT2D eigenvalue weighted by molar-refractivity contribution is 6.03. The first kappa shape index (κ1) is 19.4. The summed E-state index contributed by atoms with van der Waals surface area (Å²) in [6.07, 6.45) is 1.33. The molecular weight excluding hydrogens is 384 g/mol. The van der Waals surface area contributed by atoms with Gasteiger partial charge in [0.25, 0.3) is 11.5 Å². The molecule has 0 atom stereocenters. The second-order valence-corrected chi connectivity index (χ2v) is 6.79. The van der Waals surface area contributed by atoms with E-state index in [4.69, 9.17) is 4.74 Å². The van der Waals surface area contributed by atoms with E-state index in [-0.39, 0.29) is 17.2 Å². The molecule has 0 aliphatic carbocycles. The molecule has 1 aliphatic rings. The molecule has 152 valence electrons. The van der Waals surface area contributed by atoms with Crippen molar-refractivity contribution in [3.63, 3.8) is 0 Å². The lowest BCUT2D eigenvalue weighted by atomic mass is 10.2. The molecule has 8 heteroatoms. The molecule has 0 unspecified atom stereocenters. The molecule has 0 saturated carbocycles. The summed E-state index contributed by atoms with van der Waals surface area (Å²) >= 11 is 0. The Hall–Kier alpha value is -3.94. The number of hydrogen-bond acceptors (Lipinski definition) is 5. The quantitative estimate of drug-likeness (QED) is 0.706. The van der Waals surface area contributed by atoms with Crippen LogP contribution in [0, 0.1) is 0 Å². The standard InChI is InChI=1S/C22H20N4O4/c1-30-19-14-15(9-11-18(19)25-13-5-8-20(25)27)23-22(29)17-10-12-21(28)26(24-17)16-6-3-2-4-7-16/h2-4,6-7,9-12,14H,5,8,13H2,1H3,(H,23,29). The summed E-state index contributed by atoms with van der Waals surface area (Å²) in [5.74, 6) is 0.0782. The normalized spacial score (nSPS) is 13.4. The average Bonchev–Trinajstić information content (AvgIpc) is 3.20. The van der Waals surface area contributed by atoms with Gasteiger partial charge in [-0.2, -0.15) is 9.78 Å². The minimum Gasteiger partial charge on any atom is -0.494 e. The zero-order valence-electron chi connectivity index (χ0n) is 16.4. The maximum atomic E-state index is 12.7. The number of benzene rings is 2. The second kappa shape index (κ2) is 8.20. The first-order valence-electron chi connectivity index (χ1n) is 9.52. The number of nitrogens with one attached hydrogen (secondary N) is 1. The summed E-state index contributed by atoms with van der Waals surface area (Å²) in [7, 11) is 1.52. The Morgan fingerprint density at radius 3 is 2.57 bits per heavy atom. The number of nitrogens with zero attached hydrogens (tertiary/aromatic N) is 3. The summed E-state index contributed by atoms with van der Waals surface area (Å²) < 4.78 is 6.60. The second-order valence-electron chi connectivity index (χ2n) is 6.79. The average molecular weight is 404 g/mol. The number of anilines is 2. The van der Waals surface area contributed by atoms with Crippen LogP contribution < -0.4 is 20.5 Å². The molecule has 0 spiro atoms. The van der Waals surface area contributed by atoms with Crippen molar-refractivity contribution >= 4 is 23.2 Å². The molecule has 0 bridgehead atoms. The van der Waals surface area contributed by atoms with Gasteiger partial charge < -0.3 is 15.0 Å². The van der Waals surface area contributed by atoms with Crippen molar-refractivity contribution in [3.05, 3.63) is 76.7 Å². The molecule has 1 saturated heterocycles. The molecule has 8 nitrogen and oxygen atoms in total. The highest BCUT2D eigenvalue weighted by Crippen LogP contribution is 2.33. The van der Waals surface area contributed by atoms with Crippen molar-refractivity contribution in [1.82, 2.24) is 9.78 Å². The summed E-state index contributed by atoms with van der Waals surface area (Å²) in [6, 6.07) is 16.7. The summed E-state index contributed by atoms with van der Waals surface area (Å²) in [5, 5.41) is 6.94. The Labute approximate surface area is 172 Å². The number of carbonyl (C=O) groups is 2. The molecule has 2 amide bonds. The molecule has 1 N–H and O–H groups in total. The van der Waals surface area contributed by atoms with Gasteiger partial charge in [-0.05, 0) is 36.8 Å². The molecule has 2 heterocycles. The number of rotatable bonds is 5. The van der Waals surface area contributed by atoms with Crippen LogP contribution in [0.2, 0.25) is 0 Å². The van der Waals surface area contributed by atoms with Crippen molar-refractivity contribution in [2.75, 3.05) is 23.9 Å². The molecule has 0 radical (unpaired) electrons. The predicted molar refractivity (Wildman–Crippen MR) is 112 cm³/mol. The molecular formula is C22H20N4O4. The monoisotopic (exact) mass is 404 g/mol. The summed E-state index contributed by atoms with van der Waals surface area (Å²) in [6.45, 7) is 0.645. The Balaban J connectivity index is 1.58. The number of aromatic nitrogens is 2. The third kappa shape index (κ3) is 3.80. The van der Waals surface area contributed by atoms with E-state index in [9.17, 15) is 14.4 Å². The van der Waals surface area contributed by atoms with E-state index in [1.54, 1.807) is 47.4 Å². The van der Waals surface area contributed by atoms with Crippen molar-refractivity contribution in [2.24, 2.45) is 0 Å². The van der Waals surface area contributed by atoms with Crippen LogP contribution in [-0.4, -0.2) is 35.2 Å². The van der Waals surface area contributed by atoms with Crippen molar-refractivity contribution in [3.8, 4) is 11.4 Å². The molecule has 4 rings (SSSR count). The largest absolute Gasteiger partial charge is 0.494 e. The Morgan fingerprint density at radius 2 is 1.87 bits per heavy atom. The number of carbonyl (C=O) groups excluding carboxylic acids is 2. The van der Waals surface area contributed by atoms with E-state index >= 15 is 0 Å². The lowest BCUT2D eigenvalue weighted by Gasteiger charge is -2.19. The van der Waals surface area contributed by atoms with Gasteiger partial charge in [-0.1, -0.05) is 18.2 Å². The third-order valence-corrected chi connectivity index (χ3v) is 4.84. The van der Waals surface area contributed by atoms with Gasteiger partial charge in [-0.15, -0.1) is 0 Å². The van der Waals surface area contributed by atoms with E-state index in [0.29, 0.717) is 35.8 Å². The van der Waals surface area contributed by atoms with Gasteiger partial charge in [-0.3, -0.25) is 14.4 Å². The SMILES string of the molecule is COc1cc(NC(=O)c2ccc(=O)n(-c3ccccc3)n2)ccc1N1CCCC1=O.